The van der Waals surface area contributed by atoms with Gasteiger partial charge in [-0.2, -0.15) is 0 Å². The maximum atomic E-state index is 12.4. The van der Waals surface area contributed by atoms with Crippen molar-refractivity contribution in [3.05, 3.63) is 41.7 Å². The Morgan fingerprint density at radius 2 is 2.00 bits per heavy atom. The number of rotatable bonds is 7. The van der Waals surface area contributed by atoms with Crippen molar-refractivity contribution in [2.75, 3.05) is 46.5 Å². The second-order valence-electron chi connectivity index (χ2n) is 6.48. The Labute approximate surface area is 159 Å². The molecule has 1 aromatic heterocycles. The Hall–Kier alpha value is -2.51. The van der Waals surface area contributed by atoms with Crippen molar-refractivity contribution in [1.29, 1.82) is 0 Å². The number of amides is 1. The molecule has 0 aliphatic carbocycles. The van der Waals surface area contributed by atoms with Crippen molar-refractivity contribution in [3.63, 3.8) is 0 Å². The predicted molar refractivity (Wildman–Crippen MR) is 103 cm³/mol. The Balaban J connectivity index is 1.53. The van der Waals surface area contributed by atoms with E-state index in [0.717, 1.165) is 50.6 Å². The molecule has 1 aliphatic heterocycles. The Kier molecular flexibility index (Phi) is 6.73. The molecule has 1 saturated heterocycles. The van der Waals surface area contributed by atoms with E-state index in [4.69, 9.17) is 9.47 Å². The molecule has 144 valence electrons. The number of carbonyl (C=O) groups is 1. The minimum Gasteiger partial charge on any atom is -0.497 e. The number of aryl methyl sites for hydroxylation is 1. The van der Waals surface area contributed by atoms with Crippen molar-refractivity contribution >= 4 is 5.91 Å². The maximum Gasteiger partial charge on any atom is 0.254 e. The van der Waals surface area contributed by atoms with Gasteiger partial charge < -0.3 is 14.8 Å². The monoisotopic (exact) mass is 370 g/mol. The Morgan fingerprint density at radius 3 is 2.67 bits per heavy atom. The first kappa shape index (κ1) is 19.3. The van der Waals surface area contributed by atoms with Crippen molar-refractivity contribution in [1.82, 2.24) is 20.2 Å². The first-order chi connectivity index (χ1) is 13.2. The molecule has 0 bridgehead atoms. The third-order valence-corrected chi connectivity index (χ3v) is 4.61. The number of methoxy groups -OCH3 is 1. The average Bonchev–Trinajstić information content (AvgIpc) is 2.72. The van der Waals surface area contributed by atoms with E-state index in [-0.39, 0.29) is 5.91 Å². The van der Waals surface area contributed by atoms with E-state index < -0.39 is 0 Å². The number of benzene rings is 1. The van der Waals surface area contributed by atoms with Crippen LogP contribution in [0.15, 0.2) is 30.5 Å². The molecule has 1 aromatic carbocycles. The van der Waals surface area contributed by atoms with Gasteiger partial charge in [0.2, 0.25) is 0 Å². The molecular formula is C20H26N4O3. The molecule has 0 atom stereocenters. The van der Waals surface area contributed by atoms with Gasteiger partial charge in [-0.1, -0.05) is 0 Å². The molecule has 0 radical (unpaired) electrons. The van der Waals surface area contributed by atoms with Gasteiger partial charge in [0, 0.05) is 31.4 Å². The molecule has 2 aromatic rings. The van der Waals surface area contributed by atoms with Gasteiger partial charge in [0.15, 0.2) is 5.82 Å². The van der Waals surface area contributed by atoms with Gasteiger partial charge in [0.05, 0.1) is 31.6 Å². The van der Waals surface area contributed by atoms with Gasteiger partial charge >= 0.3 is 0 Å². The van der Waals surface area contributed by atoms with Crippen LogP contribution in [0.4, 0.5) is 0 Å². The van der Waals surface area contributed by atoms with Crippen molar-refractivity contribution in [3.8, 4) is 17.1 Å². The van der Waals surface area contributed by atoms with Gasteiger partial charge in [-0.3, -0.25) is 9.69 Å². The van der Waals surface area contributed by atoms with E-state index >= 15 is 0 Å². The van der Waals surface area contributed by atoms with Crippen LogP contribution in [0.25, 0.3) is 11.4 Å². The number of hydrogen-bond acceptors (Lipinski definition) is 6. The molecule has 1 amide bonds. The van der Waals surface area contributed by atoms with Crippen molar-refractivity contribution in [2.24, 2.45) is 0 Å². The molecule has 27 heavy (non-hydrogen) atoms. The molecular weight excluding hydrogens is 344 g/mol. The summed E-state index contributed by atoms with van der Waals surface area (Å²) in [7, 11) is 1.63. The summed E-state index contributed by atoms with van der Waals surface area (Å²) in [5, 5.41) is 2.96. The van der Waals surface area contributed by atoms with Crippen LogP contribution in [-0.2, 0) is 4.74 Å². The second kappa shape index (κ2) is 9.43. The van der Waals surface area contributed by atoms with Crippen LogP contribution in [0, 0.1) is 6.92 Å². The van der Waals surface area contributed by atoms with Crippen molar-refractivity contribution in [2.45, 2.75) is 13.3 Å². The zero-order valence-electron chi connectivity index (χ0n) is 15.9. The van der Waals surface area contributed by atoms with Gasteiger partial charge in [0.25, 0.3) is 5.91 Å². The lowest BCUT2D eigenvalue weighted by atomic mass is 10.1. The molecule has 0 spiro atoms. The fourth-order valence-electron chi connectivity index (χ4n) is 2.99. The van der Waals surface area contributed by atoms with Gasteiger partial charge in [-0.05, 0) is 44.2 Å². The molecule has 1 aliphatic rings. The number of nitrogens with zero attached hydrogens (tertiary/aromatic N) is 3. The molecule has 2 heterocycles. The number of hydrogen-bond donors (Lipinski definition) is 1. The summed E-state index contributed by atoms with van der Waals surface area (Å²) >= 11 is 0. The highest BCUT2D eigenvalue weighted by Crippen LogP contribution is 2.20. The average molecular weight is 370 g/mol. The minimum atomic E-state index is -0.129. The Morgan fingerprint density at radius 1 is 1.26 bits per heavy atom. The summed E-state index contributed by atoms with van der Waals surface area (Å²) in [6, 6.07) is 7.53. The third-order valence-electron chi connectivity index (χ3n) is 4.61. The van der Waals surface area contributed by atoms with Crippen molar-refractivity contribution < 1.29 is 14.3 Å². The molecule has 7 heteroatoms. The van der Waals surface area contributed by atoms with E-state index in [2.05, 4.69) is 20.2 Å². The summed E-state index contributed by atoms with van der Waals surface area (Å²) in [6.45, 7) is 6.96. The topological polar surface area (TPSA) is 76.6 Å². The lowest BCUT2D eigenvalue weighted by Gasteiger charge is -2.26. The van der Waals surface area contributed by atoms with Crippen LogP contribution in [0.1, 0.15) is 22.5 Å². The van der Waals surface area contributed by atoms with Crippen LogP contribution in [-0.4, -0.2) is 67.3 Å². The SMILES string of the molecule is COc1ccc(-c2ncc(C(=O)NCCCN3CCOCC3)c(C)n2)cc1. The van der Waals surface area contributed by atoms with E-state index in [9.17, 15) is 4.79 Å². The summed E-state index contributed by atoms with van der Waals surface area (Å²) < 4.78 is 10.5. The van der Waals surface area contributed by atoms with Crippen LogP contribution < -0.4 is 10.1 Å². The summed E-state index contributed by atoms with van der Waals surface area (Å²) in [5.41, 5.74) is 2.07. The van der Waals surface area contributed by atoms with Gasteiger partial charge in [-0.15, -0.1) is 0 Å². The van der Waals surface area contributed by atoms with Gasteiger partial charge in [0.1, 0.15) is 5.75 Å². The molecule has 1 N–H and O–H groups in total. The molecule has 0 unspecified atom stereocenters. The van der Waals surface area contributed by atoms with E-state index in [1.54, 1.807) is 13.3 Å². The smallest absolute Gasteiger partial charge is 0.254 e. The quantitative estimate of drug-likeness (QED) is 0.751. The standard InChI is InChI=1S/C20H26N4O3/c1-15-18(20(25)21-8-3-9-24-10-12-27-13-11-24)14-22-19(23-15)16-4-6-17(26-2)7-5-16/h4-7,14H,3,8-13H2,1-2H3,(H,21,25). The summed E-state index contributed by atoms with van der Waals surface area (Å²) in [4.78, 5) is 23.6. The number of aromatic nitrogens is 2. The van der Waals surface area contributed by atoms with Gasteiger partial charge in [-0.25, -0.2) is 9.97 Å². The van der Waals surface area contributed by atoms with E-state index in [0.29, 0.717) is 23.6 Å². The molecule has 1 fully saturated rings. The summed E-state index contributed by atoms with van der Waals surface area (Å²) in [5.74, 6) is 1.25. The zero-order chi connectivity index (χ0) is 19.1. The van der Waals surface area contributed by atoms with Crippen LogP contribution in [0.2, 0.25) is 0 Å². The molecule has 0 saturated carbocycles. The fraction of sp³-hybridized carbons (Fsp3) is 0.450. The first-order valence-electron chi connectivity index (χ1n) is 9.24. The number of carbonyl (C=O) groups excluding carboxylic acids is 1. The van der Waals surface area contributed by atoms with Crippen LogP contribution >= 0.6 is 0 Å². The predicted octanol–water partition coefficient (Wildman–Crippen LogP) is 1.91. The number of nitrogens with one attached hydrogen (secondary N) is 1. The first-order valence-corrected chi connectivity index (χ1v) is 9.24. The van der Waals surface area contributed by atoms with Crippen LogP contribution in [0.5, 0.6) is 5.75 Å². The number of ether oxygens (including phenoxy) is 2. The Bertz CT molecular complexity index is 758. The lowest BCUT2D eigenvalue weighted by Crippen LogP contribution is -2.38. The fourth-order valence-corrected chi connectivity index (χ4v) is 2.99. The second-order valence-corrected chi connectivity index (χ2v) is 6.48. The normalized spacial score (nSPS) is 14.7. The number of morpholine rings is 1. The lowest BCUT2D eigenvalue weighted by molar-refractivity contribution is 0.0374. The largest absolute Gasteiger partial charge is 0.497 e. The van der Waals surface area contributed by atoms with E-state index in [1.165, 1.54) is 0 Å². The third kappa shape index (κ3) is 5.24. The highest BCUT2D eigenvalue weighted by Gasteiger charge is 2.13. The molecule has 3 rings (SSSR count). The zero-order valence-corrected chi connectivity index (χ0v) is 15.9. The minimum absolute atomic E-state index is 0.129. The maximum absolute atomic E-state index is 12.4. The highest BCUT2D eigenvalue weighted by molar-refractivity contribution is 5.95. The molecule has 7 nitrogen and oxygen atoms in total. The highest BCUT2D eigenvalue weighted by atomic mass is 16.5. The summed E-state index contributed by atoms with van der Waals surface area (Å²) in [6.07, 6.45) is 2.51. The van der Waals surface area contributed by atoms with E-state index in [1.807, 2.05) is 31.2 Å². The van der Waals surface area contributed by atoms with Crippen LogP contribution in [0.3, 0.4) is 0 Å².